The first-order valence-electron chi connectivity index (χ1n) is 4.15. The van der Waals surface area contributed by atoms with Crippen LogP contribution in [0.25, 0.3) is 10.4 Å². The summed E-state index contributed by atoms with van der Waals surface area (Å²) >= 11 is 3.22. The van der Waals surface area contributed by atoms with E-state index in [1.807, 2.05) is 0 Å². The highest BCUT2D eigenvalue weighted by Crippen LogP contribution is 2.33. The van der Waals surface area contributed by atoms with Crippen molar-refractivity contribution in [1.29, 1.82) is 0 Å². The van der Waals surface area contributed by atoms with E-state index in [0.29, 0.717) is 10.2 Å². The van der Waals surface area contributed by atoms with Crippen molar-refractivity contribution in [2.45, 2.75) is 0 Å². The summed E-state index contributed by atoms with van der Waals surface area (Å²) in [5, 5.41) is 3.40. The summed E-state index contributed by atoms with van der Waals surface area (Å²) < 4.78 is 10.2. The Labute approximate surface area is 99.9 Å². The normalized spacial score (nSPS) is 9.19. The molecule has 0 radical (unpaired) electrons. The zero-order chi connectivity index (χ0) is 12.1. The van der Waals surface area contributed by atoms with Crippen molar-refractivity contribution in [3.05, 3.63) is 32.6 Å². The molecule has 1 rings (SSSR count). The van der Waals surface area contributed by atoms with E-state index in [4.69, 9.17) is 10.3 Å². The van der Waals surface area contributed by atoms with E-state index >= 15 is 0 Å². The molecule has 0 unspecified atom stereocenters. The standard InChI is InChI=1S/C9H8BrN3O3/c1-15-8-4-7(12-13-11)5(3-6(8)10)9(14)16-2/h3-4H,1-2H3. The largest absolute Gasteiger partial charge is 0.496 e. The van der Waals surface area contributed by atoms with Crippen molar-refractivity contribution >= 4 is 27.6 Å². The van der Waals surface area contributed by atoms with Crippen LogP contribution in [0.15, 0.2) is 21.7 Å². The quantitative estimate of drug-likeness (QED) is 0.370. The second kappa shape index (κ2) is 5.39. The summed E-state index contributed by atoms with van der Waals surface area (Å²) in [6.45, 7) is 0. The monoisotopic (exact) mass is 285 g/mol. The molecule has 0 aliphatic carbocycles. The molecule has 0 saturated carbocycles. The Kier molecular flexibility index (Phi) is 4.16. The molecule has 0 atom stereocenters. The van der Waals surface area contributed by atoms with Crippen molar-refractivity contribution in [2.24, 2.45) is 5.11 Å². The summed E-state index contributed by atoms with van der Waals surface area (Å²) in [7, 11) is 2.72. The molecule has 1 aromatic carbocycles. The third-order valence-corrected chi connectivity index (χ3v) is 2.45. The van der Waals surface area contributed by atoms with Crippen molar-refractivity contribution in [3.8, 4) is 5.75 Å². The van der Waals surface area contributed by atoms with E-state index in [0.717, 1.165) is 0 Å². The Morgan fingerprint density at radius 1 is 1.50 bits per heavy atom. The molecule has 16 heavy (non-hydrogen) atoms. The second-order valence-corrected chi connectivity index (χ2v) is 3.54. The van der Waals surface area contributed by atoms with Crippen LogP contribution in [0.5, 0.6) is 5.75 Å². The number of azide groups is 1. The number of carbonyl (C=O) groups is 1. The van der Waals surface area contributed by atoms with Crippen LogP contribution in [0.1, 0.15) is 10.4 Å². The third-order valence-electron chi connectivity index (χ3n) is 1.83. The first-order valence-corrected chi connectivity index (χ1v) is 4.94. The Morgan fingerprint density at radius 3 is 2.69 bits per heavy atom. The molecular weight excluding hydrogens is 278 g/mol. The summed E-state index contributed by atoms with van der Waals surface area (Å²) in [6, 6.07) is 2.94. The van der Waals surface area contributed by atoms with Gasteiger partial charge >= 0.3 is 5.97 Å². The van der Waals surface area contributed by atoms with E-state index < -0.39 is 5.97 Å². The van der Waals surface area contributed by atoms with Gasteiger partial charge in [-0.3, -0.25) is 0 Å². The lowest BCUT2D eigenvalue weighted by molar-refractivity contribution is 0.0601. The predicted molar refractivity (Wildman–Crippen MR) is 60.8 cm³/mol. The number of carbonyl (C=O) groups excluding carboxylic acids is 1. The van der Waals surface area contributed by atoms with Crippen molar-refractivity contribution in [1.82, 2.24) is 0 Å². The van der Waals surface area contributed by atoms with Gasteiger partial charge in [0.05, 0.1) is 29.9 Å². The van der Waals surface area contributed by atoms with E-state index in [2.05, 4.69) is 30.7 Å². The Hall–Kier alpha value is -1.72. The zero-order valence-electron chi connectivity index (χ0n) is 8.60. The molecular formula is C9H8BrN3O3. The number of hydrogen-bond acceptors (Lipinski definition) is 4. The van der Waals surface area contributed by atoms with Gasteiger partial charge in [0.1, 0.15) is 5.75 Å². The lowest BCUT2D eigenvalue weighted by atomic mass is 10.2. The first kappa shape index (κ1) is 12.4. The molecule has 0 aromatic heterocycles. The molecule has 1 aromatic rings. The van der Waals surface area contributed by atoms with Crippen LogP contribution in [0.3, 0.4) is 0 Å². The number of benzene rings is 1. The second-order valence-electron chi connectivity index (χ2n) is 2.68. The summed E-state index contributed by atoms with van der Waals surface area (Å²) in [6.07, 6.45) is 0. The molecule has 6 nitrogen and oxygen atoms in total. The maximum atomic E-state index is 11.4. The topological polar surface area (TPSA) is 84.3 Å². The Morgan fingerprint density at radius 2 is 2.19 bits per heavy atom. The van der Waals surface area contributed by atoms with Crippen LogP contribution >= 0.6 is 15.9 Å². The number of hydrogen-bond donors (Lipinski definition) is 0. The maximum Gasteiger partial charge on any atom is 0.338 e. The van der Waals surface area contributed by atoms with Gasteiger partial charge in [0.15, 0.2) is 0 Å². The Balaban J connectivity index is 3.41. The number of methoxy groups -OCH3 is 2. The molecule has 0 amide bonds. The molecule has 0 saturated heterocycles. The average Bonchev–Trinajstić information content (AvgIpc) is 2.30. The molecule has 0 heterocycles. The minimum absolute atomic E-state index is 0.161. The summed E-state index contributed by atoms with van der Waals surface area (Å²) in [5.74, 6) is -0.110. The van der Waals surface area contributed by atoms with Crippen LogP contribution in [-0.4, -0.2) is 20.2 Å². The number of rotatable bonds is 3. The first-order chi connectivity index (χ1) is 7.63. The fourth-order valence-corrected chi connectivity index (χ4v) is 1.61. The number of nitrogens with zero attached hydrogens (tertiary/aromatic N) is 3. The van der Waals surface area contributed by atoms with Gasteiger partial charge in [-0.25, -0.2) is 4.79 Å². The van der Waals surface area contributed by atoms with E-state index in [1.165, 1.54) is 26.4 Å². The molecule has 0 fully saturated rings. The zero-order valence-corrected chi connectivity index (χ0v) is 10.2. The molecule has 0 spiro atoms. The highest BCUT2D eigenvalue weighted by molar-refractivity contribution is 9.10. The fraction of sp³-hybridized carbons (Fsp3) is 0.222. The van der Waals surface area contributed by atoms with Crippen LogP contribution in [-0.2, 0) is 4.74 Å². The summed E-state index contributed by atoms with van der Waals surface area (Å²) in [5.41, 5.74) is 8.72. The third kappa shape index (κ3) is 2.44. The molecule has 84 valence electrons. The van der Waals surface area contributed by atoms with Gasteiger partial charge in [-0.1, -0.05) is 5.11 Å². The predicted octanol–water partition coefficient (Wildman–Crippen LogP) is 3.19. The van der Waals surface area contributed by atoms with Gasteiger partial charge in [0.2, 0.25) is 0 Å². The molecule has 0 bridgehead atoms. The van der Waals surface area contributed by atoms with Crippen LogP contribution in [0.2, 0.25) is 0 Å². The number of ether oxygens (including phenoxy) is 2. The van der Waals surface area contributed by atoms with Crippen molar-refractivity contribution in [2.75, 3.05) is 14.2 Å². The van der Waals surface area contributed by atoms with Crippen LogP contribution < -0.4 is 4.74 Å². The van der Waals surface area contributed by atoms with E-state index in [-0.39, 0.29) is 11.3 Å². The van der Waals surface area contributed by atoms with Gasteiger partial charge in [0, 0.05) is 4.91 Å². The van der Waals surface area contributed by atoms with Crippen LogP contribution in [0, 0.1) is 0 Å². The van der Waals surface area contributed by atoms with Gasteiger partial charge in [0.25, 0.3) is 0 Å². The van der Waals surface area contributed by atoms with Gasteiger partial charge in [-0.2, -0.15) is 0 Å². The maximum absolute atomic E-state index is 11.4. The van der Waals surface area contributed by atoms with Gasteiger partial charge in [-0.05, 0) is 33.6 Å². The minimum atomic E-state index is -0.578. The summed E-state index contributed by atoms with van der Waals surface area (Å²) in [4.78, 5) is 14.0. The lowest BCUT2D eigenvalue weighted by Crippen LogP contribution is -2.02. The minimum Gasteiger partial charge on any atom is -0.496 e. The molecule has 0 N–H and O–H groups in total. The number of esters is 1. The average molecular weight is 286 g/mol. The van der Waals surface area contributed by atoms with Gasteiger partial charge in [-0.15, -0.1) is 0 Å². The lowest BCUT2D eigenvalue weighted by Gasteiger charge is -2.08. The van der Waals surface area contributed by atoms with Crippen molar-refractivity contribution in [3.63, 3.8) is 0 Å². The highest BCUT2D eigenvalue weighted by atomic mass is 79.9. The Bertz CT molecular complexity index is 469. The fourth-order valence-electron chi connectivity index (χ4n) is 1.10. The smallest absolute Gasteiger partial charge is 0.338 e. The van der Waals surface area contributed by atoms with Crippen molar-refractivity contribution < 1.29 is 14.3 Å². The highest BCUT2D eigenvalue weighted by Gasteiger charge is 2.14. The molecule has 0 aliphatic rings. The molecule has 7 heteroatoms. The van der Waals surface area contributed by atoms with E-state index in [9.17, 15) is 4.79 Å². The molecule has 0 aliphatic heterocycles. The van der Waals surface area contributed by atoms with Gasteiger partial charge < -0.3 is 9.47 Å². The van der Waals surface area contributed by atoms with E-state index in [1.54, 1.807) is 0 Å². The SMILES string of the molecule is COC(=O)c1cc(Br)c(OC)cc1N=[N+]=[N-]. The van der Waals surface area contributed by atoms with Crippen LogP contribution in [0.4, 0.5) is 5.69 Å². The number of halogens is 1.